The molecule has 0 amide bonds. The molecule has 0 N–H and O–H groups in total. The van der Waals surface area contributed by atoms with Gasteiger partial charge >= 0.3 is 0 Å². The van der Waals surface area contributed by atoms with Crippen molar-refractivity contribution in [3.05, 3.63) is 0 Å². The molecule has 0 aromatic carbocycles. The van der Waals surface area contributed by atoms with E-state index in [1.54, 1.807) is 0 Å². The van der Waals surface area contributed by atoms with Gasteiger partial charge in [-0.25, -0.2) is 0 Å². The predicted molar refractivity (Wildman–Crippen MR) is 65.1 cm³/mol. The third-order valence-corrected chi connectivity index (χ3v) is 3.39. The molecule has 1 rings (SSSR count). The van der Waals surface area contributed by atoms with Crippen molar-refractivity contribution in [3.8, 4) is 6.07 Å². The molecule has 0 radical (unpaired) electrons. The van der Waals surface area contributed by atoms with Crippen LogP contribution in [0.3, 0.4) is 0 Å². The van der Waals surface area contributed by atoms with Crippen LogP contribution in [0.1, 0.15) is 39.5 Å². The van der Waals surface area contributed by atoms with Gasteiger partial charge < -0.3 is 9.64 Å². The summed E-state index contributed by atoms with van der Waals surface area (Å²) in [4.78, 5) is 2.40. The first-order chi connectivity index (χ1) is 7.55. The average molecular weight is 224 g/mol. The van der Waals surface area contributed by atoms with E-state index in [0.29, 0.717) is 6.04 Å². The van der Waals surface area contributed by atoms with Crippen LogP contribution in [0.2, 0.25) is 0 Å². The number of hydrogen-bond acceptors (Lipinski definition) is 3. The van der Waals surface area contributed by atoms with Crippen molar-refractivity contribution in [2.75, 3.05) is 26.8 Å². The summed E-state index contributed by atoms with van der Waals surface area (Å²) in [6, 6.07) is 2.97. The summed E-state index contributed by atoms with van der Waals surface area (Å²) >= 11 is 0. The fourth-order valence-electron chi connectivity index (χ4n) is 2.04. The van der Waals surface area contributed by atoms with Crippen molar-refractivity contribution >= 4 is 0 Å². The molecule has 1 saturated heterocycles. The van der Waals surface area contributed by atoms with E-state index < -0.39 is 0 Å². The maximum atomic E-state index is 8.90. The van der Waals surface area contributed by atoms with Gasteiger partial charge in [0.05, 0.1) is 18.1 Å². The Bertz CT molecular complexity index is 239. The Morgan fingerprint density at radius 1 is 1.44 bits per heavy atom. The maximum absolute atomic E-state index is 8.90. The van der Waals surface area contributed by atoms with Crippen LogP contribution in [0.4, 0.5) is 0 Å². The Morgan fingerprint density at radius 2 is 2.19 bits per heavy atom. The van der Waals surface area contributed by atoms with Crippen LogP contribution in [-0.4, -0.2) is 37.7 Å². The van der Waals surface area contributed by atoms with Crippen LogP contribution in [0, 0.1) is 16.7 Å². The number of nitriles is 1. The Hall–Kier alpha value is -0.590. The summed E-state index contributed by atoms with van der Waals surface area (Å²) in [6.45, 7) is 6.95. The lowest BCUT2D eigenvalue weighted by molar-refractivity contribution is 0.157. The van der Waals surface area contributed by atoms with E-state index in [4.69, 9.17) is 10.00 Å². The van der Waals surface area contributed by atoms with Crippen LogP contribution in [0.5, 0.6) is 0 Å². The van der Waals surface area contributed by atoms with Crippen molar-refractivity contribution in [1.29, 1.82) is 5.26 Å². The average Bonchev–Trinajstić information content (AvgIpc) is 2.77. The van der Waals surface area contributed by atoms with Gasteiger partial charge in [0, 0.05) is 12.6 Å². The summed E-state index contributed by atoms with van der Waals surface area (Å²) < 4.78 is 5.37. The predicted octanol–water partition coefficient (Wildman–Crippen LogP) is 2.43. The van der Waals surface area contributed by atoms with E-state index in [2.05, 4.69) is 18.0 Å². The Labute approximate surface area is 99.4 Å². The Kier molecular flexibility index (Phi) is 5.24. The van der Waals surface area contributed by atoms with Crippen LogP contribution in [0.25, 0.3) is 0 Å². The number of rotatable bonds is 6. The first-order valence-electron chi connectivity index (χ1n) is 6.24. The molecule has 0 saturated carbocycles. The van der Waals surface area contributed by atoms with Gasteiger partial charge in [-0.2, -0.15) is 5.26 Å². The minimum absolute atomic E-state index is 0.158. The van der Waals surface area contributed by atoms with E-state index in [-0.39, 0.29) is 5.41 Å². The lowest BCUT2D eigenvalue weighted by Gasteiger charge is -2.23. The van der Waals surface area contributed by atoms with Crippen LogP contribution in [0.15, 0.2) is 0 Å². The second-order valence-electron chi connectivity index (χ2n) is 5.45. The zero-order chi connectivity index (χ0) is 12.0. The molecule has 0 aromatic rings. The Balaban J connectivity index is 2.09. The molecule has 1 atom stereocenters. The van der Waals surface area contributed by atoms with E-state index in [1.807, 2.05) is 13.8 Å². The van der Waals surface area contributed by atoms with Crippen molar-refractivity contribution in [2.45, 2.75) is 45.6 Å². The zero-order valence-electron chi connectivity index (χ0n) is 10.8. The van der Waals surface area contributed by atoms with E-state index in [9.17, 15) is 0 Å². The van der Waals surface area contributed by atoms with Gasteiger partial charge in [0.25, 0.3) is 0 Å². The fraction of sp³-hybridized carbons (Fsp3) is 0.923. The highest BCUT2D eigenvalue weighted by Gasteiger charge is 2.20. The topological polar surface area (TPSA) is 36.3 Å². The van der Waals surface area contributed by atoms with E-state index >= 15 is 0 Å². The molecule has 1 unspecified atom stereocenters. The van der Waals surface area contributed by atoms with Crippen molar-refractivity contribution < 1.29 is 4.74 Å². The van der Waals surface area contributed by atoms with Crippen LogP contribution in [-0.2, 0) is 4.74 Å². The van der Waals surface area contributed by atoms with Crippen molar-refractivity contribution in [2.24, 2.45) is 5.41 Å². The molecule has 3 heteroatoms. The van der Waals surface area contributed by atoms with Crippen molar-refractivity contribution in [3.63, 3.8) is 0 Å². The number of likely N-dealkylation sites (N-methyl/N-ethyl adjacent to an activating group) is 1. The first kappa shape index (κ1) is 13.5. The smallest absolute Gasteiger partial charge is 0.0683 e. The highest BCUT2D eigenvalue weighted by Crippen LogP contribution is 2.22. The van der Waals surface area contributed by atoms with E-state index in [0.717, 1.165) is 32.6 Å². The second-order valence-corrected chi connectivity index (χ2v) is 5.45. The normalized spacial score (nSPS) is 21.3. The minimum atomic E-state index is -0.158. The minimum Gasteiger partial charge on any atom is -0.380 e. The standard InChI is InChI=1S/C13H24N2O/c1-13(2,11-14)7-4-5-8-15(3)12-6-9-16-10-12/h12H,4-10H2,1-3H3. The molecule has 3 nitrogen and oxygen atoms in total. The third kappa shape index (κ3) is 4.51. The van der Waals surface area contributed by atoms with Gasteiger partial charge in [-0.05, 0) is 46.7 Å². The van der Waals surface area contributed by atoms with Crippen LogP contribution >= 0.6 is 0 Å². The molecule has 1 aliphatic heterocycles. The summed E-state index contributed by atoms with van der Waals surface area (Å²) in [6.07, 6.45) is 4.48. The summed E-state index contributed by atoms with van der Waals surface area (Å²) in [5, 5.41) is 8.90. The molecule has 1 heterocycles. The van der Waals surface area contributed by atoms with Crippen molar-refractivity contribution in [1.82, 2.24) is 4.90 Å². The second kappa shape index (κ2) is 6.22. The number of ether oxygens (including phenoxy) is 1. The maximum Gasteiger partial charge on any atom is 0.0683 e. The SMILES string of the molecule is CN(CCCCC(C)(C)C#N)C1CCOC1. The van der Waals surface area contributed by atoms with Gasteiger partial charge in [0.2, 0.25) is 0 Å². The Morgan fingerprint density at radius 3 is 2.75 bits per heavy atom. The summed E-state index contributed by atoms with van der Waals surface area (Å²) in [5.41, 5.74) is -0.158. The molecule has 0 bridgehead atoms. The molecule has 0 aliphatic carbocycles. The van der Waals surface area contributed by atoms with Crippen LogP contribution < -0.4 is 0 Å². The lowest BCUT2D eigenvalue weighted by Crippen LogP contribution is -2.32. The quantitative estimate of drug-likeness (QED) is 0.650. The highest BCUT2D eigenvalue weighted by atomic mass is 16.5. The molecule has 92 valence electrons. The largest absolute Gasteiger partial charge is 0.380 e. The summed E-state index contributed by atoms with van der Waals surface area (Å²) in [5.74, 6) is 0. The summed E-state index contributed by atoms with van der Waals surface area (Å²) in [7, 11) is 2.18. The fourth-order valence-corrected chi connectivity index (χ4v) is 2.04. The number of hydrogen-bond donors (Lipinski definition) is 0. The lowest BCUT2D eigenvalue weighted by atomic mass is 9.89. The molecule has 1 aliphatic rings. The third-order valence-electron chi connectivity index (χ3n) is 3.39. The van der Waals surface area contributed by atoms with Gasteiger partial charge in [0.15, 0.2) is 0 Å². The van der Waals surface area contributed by atoms with Gasteiger partial charge in [-0.3, -0.25) is 0 Å². The first-order valence-corrected chi connectivity index (χ1v) is 6.24. The number of unbranched alkanes of at least 4 members (excludes halogenated alkanes) is 1. The van der Waals surface area contributed by atoms with Gasteiger partial charge in [-0.15, -0.1) is 0 Å². The molecule has 16 heavy (non-hydrogen) atoms. The van der Waals surface area contributed by atoms with Gasteiger partial charge in [0.1, 0.15) is 0 Å². The van der Waals surface area contributed by atoms with E-state index in [1.165, 1.54) is 12.8 Å². The number of nitrogens with zero attached hydrogens (tertiary/aromatic N) is 2. The highest BCUT2D eigenvalue weighted by molar-refractivity contribution is 4.91. The molecular weight excluding hydrogens is 200 g/mol. The monoisotopic (exact) mass is 224 g/mol. The molecule has 0 spiro atoms. The molecule has 0 aromatic heterocycles. The molecular formula is C13H24N2O. The molecule has 1 fully saturated rings. The zero-order valence-corrected chi connectivity index (χ0v) is 10.8. The van der Waals surface area contributed by atoms with Gasteiger partial charge in [-0.1, -0.05) is 6.42 Å².